The second kappa shape index (κ2) is 5.69. The Kier molecular flexibility index (Phi) is 4.77. The van der Waals surface area contributed by atoms with Crippen molar-refractivity contribution in [1.82, 2.24) is 0 Å². The van der Waals surface area contributed by atoms with Gasteiger partial charge in [-0.1, -0.05) is 28.1 Å². The summed E-state index contributed by atoms with van der Waals surface area (Å²) in [6.07, 6.45) is -1.69. The molecule has 0 fully saturated rings. The first-order valence-electron chi connectivity index (χ1n) is 5.09. The number of rotatable bonds is 4. The van der Waals surface area contributed by atoms with Crippen LogP contribution < -0.4 is 5.73 Å². The smallest absolute Gasteiger partial charge is 0.324 e. The molecule has 1 nitrogen and oxygen atoms in total. The zero-order valence-corrected chi connectivity index (χ0v) is 10.7. The average Bonchev–Trinajstić information content (AvgIpc) is 2.24. The Morgan fingerprint density at radius 1 is 1.41 bits per heavy atom. The molecule has 1 aromatic rings. The van der Waals surface area contributed by atoms with Gasteiger partial charge in [-0.15, -0.1) is 6.58 Å². The highest BCUT2D eigenvalue weighted by molar-refractivity contribution is 9.10. The number of benzene rings is 1. The first-order chi connectivity index (χ1) is 7.86. The number of hydrogen-bond acceptors (Lipinski definition) is 1. The van der Waals surface area contributed by atoms with Crippen molar-refractivity contribution in [3.05, 3.63) is 46.5 Å². The molecule has 5 heteroatoms. The van der Waals surface area contributed by atoms with Crippen molar-refractivity contribution in [1.29, 1.82) is 0 Å². The quantitative estimate of drug-likeness (QED) is 0.818. The second-order valence-corrected chi connectivity index (χ2v) is 4.62. The third kappa shape index (κ3) is 3.85. The summed E-state index contributed by atoms with van der Waals surface area (Å²) in [4.78, 5) is 0. The molecule has 0 radical (unpaired) electrons. The van der Waals surface area contributed by atoms with Gasteiger partial charge in [0.15, 0.2) is 0 Å². The van der Waals surface area contributed by atoms with E-state index in [0.717, 1.165) is 6.07 Å². The summed E-state index contributed by atoms with van der Waals surface area (Å²) in [5.41, 5.74) is 5.22. The van der Waals surface area contributed by atoms with Crippen LogP contribution in [0.1, 0.15) is 30.0 Å². The molecule has 0 amide bonds. The van der Waals surface area contributed by atoms with Crippen molar-refractivity contribution in [2.75, 3.05) is 0 Å². The van der Waals surface area contributed by atoms with E-state index < -0.39 is 17.8 Å². The van der Waals surface area contributed by atoms with Crippen LogP contribution in [0.4, 0.5) is 13.2 Å². The molecular formula is C12H13BrF3N. The van der Waals surface area contributed by atoms with Crippen molar-refractivity contribution in [2.45, 2.75) is 25.1 Å². The lowest BCUT2D eigenvalue weighted by Gasteiger charge is -2.18. The zero-order valence-electron chi connectivity index (χ0n) is 9.10. The van der Waals surface area contributed by atoms with Crippen molar-refractivity contribution >= 4 is 15.9 Å². The highest BCUT2D eigenvalue weighted by Gasteiger charge is 2.34. The molecule has 1 atom stereocenters. The van der Waals surface area contributed by atoms with Gasteiger partial charge in [-0.3, -0.25) is 0 Å². The van der Waals surface area contributed by atoms with Crippen molar-refractivity contribution in [3.63, 3.8) is 0 Å². The van der Waals surface area contributed by atoms with Crippen LogP contribution in [-0.2, 0) is 6.18 Å². The Bertz CT molecular complexity index is 401. The van der Waals surface area contributed by atoms with Gasteiger partial charge in [-0.05, 0) is 30.5 Å². The van der Waals surface area contributed by atoms with Crippen LogP contribution in [0.2, 0.25) is 0 Å². The lowest BCUT2D eigenvalue weighted by atomic mass is 9.97. The third-order valence-electron chi connectivity index (χ3n) is 2.40. The Morgan fingerprint density at radius 2 is 2.06 bits per heavy atom. The zero-order chi connectivity index (χ0) is 13.1. The van der Waals surface area contributed by atoms with Crippen LogP contribution in [0.25, 0.3) is 0 Å². The lowest BCUT2D eigenvalue weighted by molar-refractivity contribution is -0.138. The summed E-state index contributed by atoms with van der Waals surface area (Å²) in [6.45, 7) is 3.53. The fraction of sp³-hybridized carbons (Fsp3) is 0.333. The van der Waals surface area contributed by atoms with Gasteiger partial charge in [0.25, 0.3) is 0 Å². The van der Waals surface area contributed by atoms with E-state index >= 15 is 0 Å². The first-order valence-corrected chi connectivity index (χ1v) is 5.88. The predicted octanol–water partition coefficient (Wildman–Crippen LogP) is 4.43. The number of nitrogens with two attached hydrogens (primary N) is 1. The monoisotopic (exact) mass is 307 g/mol. The van der Waals surface area contributed by atoms with Gasteiger partial charge in [0.2, 0.25) is 0 Å². The van der Waals surface area contributed by atoms with Crippen LogP contribution in [0.3, 0.4) is 0 Å². The maximum atomic E-state index is 12.8. The predicted molar refractivity (Wildman–Crippen MR) is 65.5 cm³/mol. The van der Waals surface area contributed by atoms with Crippen molar-refractivity contribution < 1.29 is 13.2 Å². The fourth-order valence-electron chi connectivity index (χ4n) is 1.55. The van der Waals surface area contributed by atoms with E-state index in [1.54, 1.807) is 12.1 Å². The molecule has 0 aliphatic heterocycles. The molecule has 1 aromatic carbocycles. The Balaban J connectivity index is 3.10. The molecule has 1 rings (SSSR count). The average molecular weight is 308 g/mol. The number of alkyl halides is 3. The summed E-state index contributed by atoms with van der Waals surface area (Å²) in [6, 6.07) is 3.42. The van der Waals surface area contributed by atoms with Gasteiger partial charge in [-0.2, -0.15) is 13.2 Å². The topological polar surface area (TPSA) is 26.0 Å². The Labute approximate surface area is 107 Å². The largest absolute Gasteiger partial charge is 0.416 e. The SMILES string of the molecule is C=CCCC(N)c1ccc(Br)cc1C(F)(F)F. The molecule has 0 saturated heterocycles. The van der Waals surface area contributed by atoms with Gasteiger partial charge in [0, 0.05) is 10.5 Å². The second-order valence-electron chi connectivity index (χ2n) is 3.70. The first kappa shape index (κ1) is 14.3. The molecule has 1 unspecified atom stereocenters. The van der Waals surface area contributed by atoms with Gasteiger partial charge in [0.1, 0.15) is 0 Å². The van der Waals surface area contributed by atoms with Gasteiger partial charge in [-0.25, -0.2) is 0 Å². The van der Waals surface area contributed by atoms with Crippen LogP contribution in [0, 0.1) is 0 Å². The van der Waals surface area contributed by atoms with Gasteiger partial charge < -0.3 is 5.73 Å². The van der Waals surface area contributed by atoms with E-state index in [0.29, 0.717) is 17.3 Å². The number of allylic oxidation sites excluding steroid dienone is 1. The summed E-state index contributed by atoms with van der Waals surface area (Å²) in [5, 5.41) is 0. The maximum Gasteiger partial charge on any atom is 0.416 e. The minimum Gasteiger partial charge on any atom is -0.324 e. The van der Waals surface area contributed by atoms with Crippen LogP contribution in [-0.4, -0.2) is 0 Å². The van der Waals surface area contributed by atoms with Crippen LogP contribution >= 0.6 is 15.9 Å². The molecule has 0 bridgehead atoms. The van der Waals surface area contributed by atoms with E-state index in [2.05, 4.69) is 22.5 Å². The molecule has 0 heterocycles. The van der Waals surface area contributed by atoms with E-state index in [1.807, 2.05) is 0 Å². The fourth-order valence-corrected chi connectivity index (χ4v) is 1.91. The molecule has 0 aliphatic rings. The van der Waals surface area contributed by atoms with Crippen LogP contribution in [0.5, 0.6) is 0 Å². The Hall–Kier alpha value is -0.810. The summed E-state index contributed by atoms with van der Waals surface area (Å²) in [5.74, 6) is 0. The summed E-state index contributed by atoms with van der Waals surface area (Å²) in [7, 11) is 0. The van der Waals surface area contributed by atoms with Crippen molar-refractivity contribution in [3.8, 4) is 0 Å². The highest BCUT2D eigenvalue weighted by atomic mass is 79.9. The highest BCUT2D eigenvalue weighted by Crippen LogP contribution is 2.36. The van der Waals surface area contributed by atoms with E-state index in [-0.39, 0.29) is 5.56 Å². The maximum absolute atomic E-state index is 12.8. The minimum absolute atomic E-state index is 0.127. The van der Waals surface area contributed by atoms with E-state index in [1.165, 1.54) is 6.07 Å². The molecule has 0 spiro atoms. The molecule has 2 N–H and O–H groups in total. The third-order valence-corrected chi connectivity index (χ3v) is 2.90. The summed E-state index contributed by atoms with van der Waals surface area (Å²) < 4.78 is 38.8. The standard InChI is InChI=1S/C12H13BrF3N/c1-2-3-4-11(17)9-6-5-8(13)7-10(9)12(14,15)16/h2,5-7,11H,1,3-4,17H2. The molecular weight excluding hydrogens is 295 g/mol. The van der Waals surface area contributed by atoms with Crippen LogP contribution in [0.15, 0.2) is 35.3 Å². The molecule has 0 aliphatic carbocycles. The normalized spacial score (nSPS) is 13.5. The number of hydrogen-bond donors (Lipinski definition) is 1. The van der Waals surface area contributed by atoms with E-state index in [9.17, 15) is 13.2 Å². The van der Waals surface area contributed by atoms with Gasteiger partial charge in [0.05, 0.1) is 5.56 Å². The lowest BCUT2D eigenvalue weighted by Crippen LogP contribution is -2.17. The Morgan fingerprint density at radius 3 is 2.59 bits per heavy atom. The number of halogens is 4. The molecule has 0 aromatic heterocycles. The molecule has 0 saturated carbocycles. The minimum atomic E-state index is -4.38. The van der Waals surface area contributed by atoms with Crippen molar-refractivity contribution in [2.24, 2.45) is 5.73 Å². The van der Waals surface area contributed by atoms with Gasteiger partial charge >= 0.3 is 6.18 Å². The molecule has 17 heavy (non-hydrogen) atoms. The summed E-state index contributed by atoms with van der Waals surface area (Å²) >= 11 is 3.03. The molecule has 94 valence electrons. The van der Waals surface area contributed by atoms with E-state index in [4.69, 9.17) is 5.73 Å².